The maximum absolute atomic E-state index is 13.0. The molecule has 0 aliphatic heterocycles. The molecule has 0 aliphatic carbocycles. The lowest BCUT2D eigenvalue weighted by Crippen LogP contribution is -2.30. The van der Waals surface area contributed by atoms with Crippen LogP contribution >= 0.6 is 0 Å². The van der Waals surface area contributed by atoms with Crippen molar-refractivity contribution in [2.75, 3.05) is 13.1 Å². The number of nitriles is 2. The topological polar surface area (TPSA) is 85.0 Å². The Labute approximate surface area is 115 Å². The van der Waals surface area contributed by atoms with Crippen LogP contribution in [0.4, 0.5) is 3.89 Å². The highest BCUT2D eigenvalue weighted by molar-refractivity contribution is 7.83. The normalized spacial score (nSPS) is 11.2. The Kier molecular flexibility index (Phi) is 10.1. The number of hydrogen-bond donors (Lipinski definition) is 0. The summed E-state index contributed by atoms with van der Waals surface area (Å²) in [6, 6.07) is 4.02. The van der Waals surface area contributed by atoms with Gasteiger partial charge in [-0.05, 0) is 25.7 Å². The van der Waals surface area contributed by atoms with Crippen molar-refractivity contribution in [2.24, 2.45) is 0 Å². The van der Waals surface area contributed by atoms with Crippen molar-refractivity contribution in [3.8, 4) is 12.1 Å². The summed E-state index contributed by atoms with van der Waals surface area (Å²) in [5.41, 5.74) is 0. The zero-order valence-corrected chi connectivity index (χ0v) is 11.8. The minimum absolute atomic E-state index is 0.155. The minimum Gasteiger partial charge on any atom is -0.198 e. The predicted molar refractivity (Wildman–Crippen MR) is 69.8 cm³/mol. The van der Waals surface area contributed by atoms with Crippen molar-refractivity contribution in [1.82, 2.24) is 4.31 Å². The lowest BCUT2D eigenvalue weighted by atomic mass is 10.2. The molecule has 108 valence electrons. The smallest absolute Gasteiger partial charge is 0.198 e. The number of hydrogen-bond acceptors (Lipinski definition) is 4. The van der Waals surface area contributed by atoms with Gasteiger partial charge in [0.25, 0.3) is 0 Å². The van der Waals surface area contributed by atoms with Crippen LogP contribution in [0.2, 0.25) is 0 Å². The first-order valence-electron chi connectivity index (χ1n) is 6.46. The fourth-order valence-corrected chi connectivity index (χ4v) is 2.36. The molecule has 0 rings (SSSR count). The van der Waals surface area contributed by atoms with Gasteiger partial charge in [0.15, 0.2) is 0 Å². The van der Waals surface area contributed by atoms with E-state index in [-0.39, 0.29) is 13.1 Å². The molecular weight excluding hydrogens is 269 g/mol. The molecule has 19 heavy (non-hydrogen) atoms. The van der Waals surface area contributed by atoms with Gasteiger partial charge in [-0.25, -0.2) is 0 Å². The van der Waals surface area contributed by atoms with Gasteiger partial charge in [0.2, 0.25) is 0 Å². The Balaban J connectivity index is 3.92. The standard InChI is InChI=1S/C12H20FN3O2S/c13-19(17,18)16(11-7-3-1-5-9-14)12-8-4-2-6-10-15/h1-8,11-12H2. The lowest BCUT2D eigenvalue weighted by Gasteiger charge is -2.16. The van der Waals surface area contributed by atoms with E-state index in [1.165, 1.54) is 0 Å². The number of rotatable bonds is 11. The molecule has 0 radical (unpaired) electrons. The molecule has 0 aromatic rings. The van der Waals surface area contributed by atoms with Crippen LogP contribution in [0.5, 0.6) is 0 Å². The van der Waals surface area contributed by atoms with Gasteiger partial charge >= 0.3 is 10.4 Å². The van der Waals surface area contributed by atoms with Crippen LogP contribution in [-0.2, 0) is 10.4 Å². The predicted octanol–water partition coefficient (Wildman–Crippen LogP) is 2.67. The summed E-state index contributed by atoms with van der Waals surface area (Å²) < 4.78 is 35.7. The fourth-order valence-electron chi connectivity index (χ4n) is 1.67. The first kappa shape index (κ1) is 17.8. The summed E-state index contributed by atoms with van der Waals surface area (Å²) in [6.07, 6.45) is 4.85. The Morgan fingerprint density at radius 3 is 1.58 bits per heavy atom. The molecule has 0 N–H and O–H groups in total. The number of unbranched alkanes of at least 4 members (excludes halogenated alkanes) is 6. The Hall–Kier alpha value is -1.18. The van der Waals surface area contributed by atoms with Crippen LogP contribution < -0.4 is 0 Å². The Morgan fingerprint density at radius 2 is 1.26 bits per heavy atom. The quantitative estimate of drug-likeness (QED) is 0.432. The molecule has 0 atom stereocenters. The molecule has 5 nitrogen and oxygen atoms in total. The van der Waals surface area contributed by atoms with E-state index in [1.807, 2.05) is 12.1 Å². The SMILES string of the molecule is N#CCCCCCN(CCCCCC#N)S(=O)(=O)F. The zero-order chi connectivity index (χ0) is 14.6. The van der Waals surface area contributed by atoms with Gasteiger partial charge in [-0.15, -0.1) is 0 Å². The van der Waals surface area contributed by atoms with Crippen molar-refractivity contribution in [1.29, 1.82) is 10.5 Å². The van der Waals surface area contributed by atoms with Crippen molar-refractivity contribution in [3.63, 3.8) is 0 Å². The largest absolute Gasteiger partial charge is 0.374 e. The van der Waals surface area contributed by atoms with E-state index in [0.717, 1.165) is 4.31 Å². The molecule has 0 saturated heterocycles. The lowest BCUT2D eigenvalue weighted by molar-refractivity contribution is 0.365. The van der Waals surface area contributed by atoms with E-state index in [9.17, 15) is 12.3 Å². The average Bonchev–Trinajstić information content (AvgIpc) is 2.34. The molecule has 0 aliphatic rings. The summed E-state index contributed by atoms with van der Waals surface area (Å²) in [5, 5.41) is 16.7. The van der Waals surface area contributed by atoms with Crippen molar-refractivity contribution >= 4 is 10.4 Å². The van der Waals surface area contributed by atoms with Gasteiger partial charge in [-0.1, -0.05) is 16.7 Å². The maximum atomic E-state index is 13.0. The van der Waals surface area contributed by atoms with E-state index >= 15 is 0 Å². The van der Waals surface area contributed by atoms with Gasteiger partial charge in [-0.3, -0.25) is 0 Å². The second-order valence-corrected chi connectivity index (χ2v) is 5.62. The van der Waals surface area contributed by atoms with Crippen molar-refractivity contribution in [3.05, 3.63) is 0 Å². The minimum atomic E-state index is -4.65. The van der Waals surface area contributed by atoms with Gasteiger partial charge in [0.1, 0.15) is 0 Å². The monoisotopic (exact) mass is 289 g/mol. The third-order valence-corrected chi connectivity index (χ3v) is 3.68. The first-order chi connectivity index (χ1) is 9.02. The molecule has 0 heterocycles. The Morgan fingerprint density at radius 1 is 0.842 bits per heavy atom. The molecular formula is C12H20FN3O2S. The van der Waals surface area contributed by atoms with Crippen LogP contribution in [0.15, 0.2) is 0 Å². The average molecular weight is 289 g/mol. The van der Waals surface area contributed by atoms with Crippen molar-refractivity contribution < 1.29 is 12.3 Å². The van der Waals surface area contributed by atoms with E-state index in [1.54, 1.807) is 0 Å². The third-order valence-electron chi connectivity index (χ3n) is 2.70. The second kappa shape index (κ2) is 10.7. The highest BCUT2D eigenvalue weighted by atomic mass is 32.3. The van der Waals surface area contributed by atoms with Crippen LogP contribution in [0.1, 0.15) is 51.4 Å². The summed E-state index contributed by atoms with van der Waals surface area (Å²) in [4.78, 5) is 0. The van der Waals surface area contributed by atoms with Crippen molar-refractivity contribution in [2.45, 2.75) is 51.4 Å². The van der Waals surface area contributed by atoms with Gasteiger partial charge in [-0.2, -0.15) is 23.2 Å². The third kappa shape index (κ3) is 10.4. The highest BCUT2D eigenvalue weighted by Gasteiger charge is 2.19. The van der Waals surface area contributed by atoms with Gasteiger partial charge < -0.3 is 0 Å². The summed E-state index contributed by atoms with van der Waals surface area (Å²) in [7, 11) is -4.65. The van der Waals surface area contributed by atoms with Gasteiger partial charge in [0, 0.05) is 25.9 Å². The van der Waals surface area contributed by atoms with Crippen LogP contribution in [0.25, 0.3) is 0 Å². The number of nitrogens with zero attached hydrogens (tertiary/aromatic N) is 3. The molecule has 0 saturated carbocycles. The van der Waals surface area contributed by atoms with Crippen LogP contribution in [-0.4, -0.2) is 25.8 Å². The zero-order valence-electron chi connectivity index (χ0n) is 11.0. The molecule has 0 unspecified atom stereocenters. The van der Waals surface area contributed by atoms with E-state index < -0.39 is 10.4 Å². The second-order valence-electron chi connectivity index (χ2n) is 4.28. The summed E-state index contributed by atoms with van der Waals surface area (Å²) >= 11 is 0. The molecule has 7 heteroatoms. The first-order valence-corrected chi connectivity index (χ1v) is 7.80. The fraction of sp³-hybridized carbons (Fsp3) is 0.833. The summed E-state index contributed by atoms with van der Waals surface area (Å²) in [5.74, 6) is 0. The van der Waals surface area contributed by atoms with Crippen LogP contribution in [0.3, 0.4) is 0 Å². The van der Waals surface area contributed by atoms with E-state index in [2.05, 4.69) is 0 Å². The Bertz CT molecular complexity index is 388. The maximum Gasteiger partial charge on any atom is 0.374 e. The molecule has 0 bridgehead atoms. The number of halogens is 1. The van der Waals surface area contributed by atoms with E-state index in [0.29, 0.717) is 51.4 Å². The molecule has 0 aromatic heterocycles. The molecule has 0 fully saturated rings. The molecule has 0 spiro atoms. The van der Waals surface area contributed by atoms with Crippen LogP contribution in [0, 0.1) is 22.7 Å². The highest BCUT2D eigenvalue weighted by Crippen LogP contribution is 2.10. The van der Waals surface area contributed by atoms with E-state index in [4.69, 9.17) is 10.5 Å². The van der Waals surface area contributed by atoms with Gasteiger partial charge in [0.05, 0.1) is 12.1 Å². The summed E-state index contributed by atoms with van der Waals surface area (Å²) in [6.45, 7) is 0.311. The molecule has 0 amide bonds. The molecule has 0 aromatic carbocycles.